The molecule has 0 heterocycles. The van der Waals surface area contributed by atoms with Gasteiger partial charge in [0.05, 0.1) is 0 Å². The molecule has 62 valence electrons. The first-order valence-corrected chi connectivity index (χ1v) is 5.93. The molecule has 0 saturated carbocycles. The highest BCUT2D eigenvalue weighted by Gasteiger charge is 2.28. The fourth-order valence-electron chi connectivity index (χ4n) is 0.801. The smallest absolute Gasteiger partial charge is 0.334 e. The molecule has 1 unspecified atom stereocenters. The second-order valence-electron chi connectivity index (χ2n) is 2.40. The van der Waals surface area contributed by atoms with Gasteiger partial charge < -0.3 is 15.0 Å². The van der Waals surface area contributed by atoms with Crippen molar-refractivity contribution < 1.29 is 9.22 Å². The van der Waals surface area contributed by atoms with Gasteiger partial charge in [-0.1, -0.05) is 6.92 Å². The van der Waals surface area contributed by atoms with E-state index in [0.29, 0.717) is 6.54 Å². The van der Waals surface area contributed by atoms with Gasteiger partial charge in [0.2, 0.25) is 0 Å². The Bertz CT molecular complexity index is 85.8. The van der Waals surface area contributed by atoms with Crippen molar-refractivity contribution in [2.45, 2.75) is 25.4 Å². The molecule has 10 heavy (non-hydrogen) atoms. The van der Waals surface area contributed by atoms with Crippen LogP contribution in [0.3, 0.4) is 0 Å². The van der Waals surface area contributed by atoms with Crippen LogP contribution in [0.25, 0.3) is 0 Å². The second kappa shape index (κ2) is 4.84. The maximum Gasteiger partial charge on any atom is 0.334 e. The van der Waals surface area contributed by atoms with Gasteiger partial charge in [0.15, 0.2) is 0 Å². The van der Waals surface area contributed by atoms with Crippen LogP contribution < -0.4 is 5.73 Å². The molecule has 3 nitrogen and oxygen atoms in total. The van der Waals surface area contributed by atoms with E-state index in [-0.39, 0.29) is 0 Å². The SMILES string of the molecule is CC[Si](O)(CCCN)OC. The molecule has 0 aliphatic carbocycles. The summed E-state index contributed by atoms with van der Waals surface area (Å²) in [6, 6.07) is 1.51. The zero-order chi connectivity index (χ0) is 8.04. The summed E-state index contributed by atoms with van der Waals surface area (Å²) in [6.07, 6.45) is 0.865. The summed E-state index contributed by atoms with van der Waals surface area (Å²) in [4.78, 5) is 9.62. The number of hydrogen-bond acceptors (Lipinski definition) is 3. The van der Waals surface area contributed by atoms with E-state index in [2.05, 4.69) is 0 Å². The molecule has 1 atom stereocenters. The van der Waals surface area contributed by atoms with E-state index in [9.17, 15) is 4.80 Å². The van der Waals surface area contributed by atoms with Gasteiger partial charge in [0.1, 0.15) is 0 Å². The fraction of sp³-hybridized carbons (Fsp3) is 1.00. The average Bonchev–Trinajstić information content (AvgIpc) is 2.00. The second-order valence-corrected chi connectivity index (χ2v) is 5.90. The van der Waals surface area contributed by atoms with Crippen LogP contribution in [0, 0.1) is 0 Å². The van der Waals surface area contributed by atoms with Gasteiger partial charge in [-0.05, 0) is 25.1 Å². The molecule has 0 aliphatic rings. The summed E-state index contributed by atoms with van der Waals surface area (Å²) in [7, 11) is -0.723. The Balaban J connectivity index is 3.58. The van der Waals surface area contributed by atoms with Gasteiger partial charge >= 0.3 is 8.56 Å². The molecule has 0 bridgehead atoms. The van der Waals surface area contributed by atoms with Gasteiger partial charge in [-0.25, -0.2) is 0 Å². The highest BCUT2D eigenvalue weighted by Crippen LogP contribution is 2.13. The lowest BCUT2D eigenvalue weighted by molar-refractivity contribution is 0.288. The standard InChI is InChI=1S/C6H17NO2Si/c1-3-10(8,9-2)6-4-5-7/h8H,3-7H2,1-2H3. The van der Waals surface area contributed by atoms with Crippen molar-refractivity contribution in [3.05, 3.63) is 0 Å². The molecule has 0 amide bonds. The van der Waals surface area contributed by atoms with E-state index in [1.165, 1.54) is 0 Å². The highest BCUT2D eigenvalue weighted by molar-refractivity contribution is 6.65. The first-order valence-electron chi connectivity index (χ1n) is 3.66. The summed E-state index contributed by atoms with van der Waals surface area (Å²) >= 11 is 0. The van der Waals surface area contributed by atoms with Crippen LogP contribution in [0.5, 0.6) is 0 Å². The molecule has 0 rings (SSSR count). The Morgan fingerprint density at radius 2 is 2.20 bits per heavy atom. The minimum atomic E-state index is -2.30. The van der Waals surface area contributed by atoms with E-state index < -0.39 is 8.56 Å². The van der Waals surface area contributed by atoms with Gasteiger partial charge in [0.25, 0.3) is 0 Å². The third kappa shape index (κ3) is 3.31. The number of nitrogens with two attached hydrogens (primary N) is 1. The molecule has 0 aliphatic heterocycles. The van der Waals surface area contributed by atoms with Crippen molar-refractivity contribution in [2.24, 2.45) is 5.73 Å². The van der Waals surface area contributed by atoms with Crippen LogP contribution in [-0.4, -0.2) is 27.0 Å². The maximum atomic E-state index is 9.62. The lowest BCUT2D eigenvalue weighted by atomic mass is 10.5. The minimum Gasteiger partial charge on any atom is -0.411 e. The predicted molar refractivity (Wildman–Crippen MR) is 43.9 cm³/mol. The first-order chi connectivity index (χ1) is 4.68. The quantitative estimate of drug-likeness (QED) is 0.578. The van der Waals surface area contributed by atoms with Crippen molar-refractivity contribution >= 4 is 8.56 Å². The number of hydrogen-bond donors (Lipinski definition) is 2. The lowest BCUT2D eigenvalue weighted by Crippen LogP contribution is -2.36. The van der Waals surface area contributed by atoms with Crippen molar-refractivity contribution in [1.29, 1.82) is 0 Å². The Labute approximate surface area is 63.4 Å². The van der Waals surface area contributed by atoms with Crippen molar-refractivity contribution in [1.82, 2.24) is 0 Å². The molecule has 3 N–H and O–H groups in total. The monoisotopic (exact) mass is 163 g/mol. The van der Waals surface area contributed by atoms with E-state index >= 15 is 0 Å². The molecule has 0 spiro atoms. The van der Waals surface area contributed by atoms with Crippen molar-refractivity contribution in [2.75, 3.05) is 13.7 Å². The number of rotatable bonds is 5. The highest BCUT2D eigenvalue weighted by atomic mass is 28.4. The van der Waals surface area contributed by atoms with Gasteiger partial charge in [-0.3, -0.25) is 0 Å². The molecular weight excluding hydrogens is 146 g/mol. The largest absolute Gasteiger partial charge is 0.411 e. The summed E-state index contributed by atoms with van der Waals surface area (Å²) in [6.45, 7) is 2.59. The van der Waals surface area contributed by atoms with Crippen LogP contribution in [-0.2, 0) is 4.43 Å². The molecule has 0 fully saturated rings. The molecular formula is C6H17NO2Si. The summed E-state index contributed by atoms with van der Waals surface area (Å²) < 4.78 is 5.03. The molecule has 0 saturated heterocycles. The summed E-state index contributed by atoms with van der Waals surface area (Å²) in [5, 5.41) is 0. The zero-order valence-electron chi connectivity index (χ0n) is 6.76. The van der Waals surface area contributed by atoms with E-state index in [1.807, 2.05) is 6.92 Å². The van der Waals surface area contributed by atoms with Crippen molar-refractivity contribution in [3.8, 4) is 0 Å². The molecule has 4 heteroatoms. The maximum absolute atomic E-state index is 9.62. The van der Waals surface area contributed by atoms with E-state index in [4.69, 9.17) is 10.2 Å². The Morgan fingerprint density at radius 3 is 2.50 bits per heavy atom. The Morgan fingerprint density at radius 1 is 1.60 bits per heavy atom. The van der Waals surface area contributed by atoms with Crippen molar-refractivity contribution in [3.63, 3.8) is 0 Å². The fourth-order valence-corrected chi connectivity index (χ4v) is 2.40. The van der Waals surface area contributed by atoms with E-state index in [1.54, 1.807) is 7.11 Å². The predicted octanol–water partition coefficient (Wildman–Crippen LogP) is 0.436. The lowest BCUT2D eigenvalue weighted by Gasteiger charge is -2.20. The zero-order valence-corrected chi connectivity index (χ0v) is 7.76. The van der Waals surface area contributed by atoms with Gasteiger partial charge in [-0.2, -0.15) is 0 Å². The van der Waals surface area contributed by atoms with Crippen LogP contribution in [0.2, 0.25) is 12.1 Å². The topological polar surface area (TPSA) is 55.5 Å². The molecule has 0 aromatic rings. The van der Waals surface area contributed by atoms with Crippen LogP contribution in [0.15, 0.2) is 0 Å². The minimum absolute atomic E-state index is 0.638. The van der Waals surface area contributed by atoms with Gasteiger partial charge in [0, 0.05) is 7.11 Å². The van der Waals surface area contributed by atoms with Crippen LogP contribution in [0.4, 0.5) is 0 Å². The Hall–Kier alpha value is 0.0969. The van der Waals surface area contributed by atoms with Gasteiger partial charge in [-0.15, -0.1) is 0 Å². The third-order valence-corrected chi connectivity index (χ3v) is 4.70. The van der Waals surface area contributed by atoms with Crippen LogP contribution >= 0.6 is 0 Å². The van der Waals surface area contributed by atoms with Crippen LogP contribution in [0.1, 0.15) is 13.3 Å². The molecule has 0 radical (unpaired) electrons. The molecule has 0 aromatic carbocycles. The Kier molecular flexibility index (Phi) is 4.89. The third-order valence-electron chi connectivity index (χ3n) is 1.70. The average molecular weight is 163 g/mol. The molecule has 0 aromatic heterocycles. The summed E-state index contributed by atoms with van der Waals surface area (Å²) in [5.41, 5.74) is 5.30. The van der Waals surface area contributed by atoms with E-state index in [0.717, 1.165) is 18.5 Å². The summed E-state index contributed by atoms with van der Waals surface area (Å²) in [5.74, 6) is 0. The normalized spacial score (nSPS) is 16.8. The first kappa shape index (κ1) is 10.1.